The van der Waals surface area contributed by atoms with Crippen LogP contribution in [-0.2, 0) is 0 Å². The summed E-state index contributed by atoms with van der Waals surface area (Å²) in [6, 6.07) is 2.45. The average Bonchev–Trinajstić information content (AvgIpc) is 2.40. The van der Waals surface area contributed by atoms with Gasteiger partial charge in [-0.2, -0.15) is 0 Å². The molecule has 2 rings (SSSR count). The minimum Gasteiger partial charge on any atom is -0.376 e. The highest BCUT2D eigenvalue weighted by atomic mass is 19.1. The third-order valence-corrected chi connectivity index (χ3v) is 3.14. The van der Waals surface area contributed by atoms with Crippen molar-refractivity contribution in [3.05, 3.63) is 45.3 Å². The first-order valence-electron chi connectivity index (χ1n) is 6.15. The number of nitrogens with zero attached hydrogens (tertiary/aromatic N) is 1. The van der Waals surface area contributed by atoms with E-state index in [-0.39, 0.29) is 5.69 Å². The summed E-state index contributed by atoms with van der Waals surface area (Å²) in [4.78, 5) is 10.3. The number of halogens is 1. The minimum absolute atomic E-state index is 0.224. The molecule has 0 bridgehead atoms. The van der Waals surface area contributed by atoms with Crippen LogP contribution in [0.1, 0.15) is 12.0 Å². The number of rotatable bonds is 4. The van der Waals surface area contributed by atoms with Gasteiger partial charge in [0.1, 0.15) is 11.5 Å². The summed E-state index contributed by atoms with van der Waals surface area (Å²) in [7, 11) is 0. The highest BCUT2D eigenvalue weighted by Gasteiger charge is 2.17. The maximum atomic E-state index is 13.4. The molecule has 0 atom stereocenters. The topological polar surface area (TPSA) is 67.2 Å². The number of hydrogen-bond acceptors (Lipinski definition) is 4. The van der Waals surface area contributed by atoms with Crippen LogP contribution in [0.25, 0.3) is 0 Å². The van der Waals surface area contributed by atoms with E-state index in [0.717, 1.165) is 25.6 Å². The van der Waals surface area contributed by atoms with Gasteiger partial charge in [0.05, 0.1) is 11.0 Å². The molecule has 1 aliphatic heterocycles. The normalized spacial score (nSPS) is 14.9. The van der Waals surface area contributed by atoms with E-state index in [2.05, 4.69) is 16.7 Å². The Morgan fingerprint density at radius 2 is 2.32 bits per heavy atom. The SMILES string of the molecule is Cc1cc(NCC2=CCNCC2)c([N+](=O)[O-])cc1F. The van der Waals surface area contributed by atoms with Crippen LogP contribution in [0.5, 0.6) is 0 Å². The first kappa shape index (κ1) is 13.5. The molecule has 1 aromatic rings. The zero-order valence-corrected chi connectivity index (χ0v) is 10.7. The smallest absolute Gasteiger partial charge is 0.295 e. The highest BCUT2D eigenvalue weighted by molar-refractivity contribution is 5.63. The fraction of sp³-hybridized carbons (Fsp3) is 0.385. The second kappa shape index (κ2) is 5.79. The van der Waals surface area contributed by atoms with Crippen LogP contribution in [0.15, 0.2) is 23.8 Å². The average molecular weight is 265 g/mol. The van der Waals surface area contributed by atoms with Crippen molar-refractivity contribution in [3.63, 3.8) is 0 Å². The lowest BCUT2D eigenvalue weighted by molar-refractivity contribution is -0.384. The van der Waals surface area contributed by atoms with E-state index in [1.165, 1.54) is 11.6 Å². The summed E-state index contributed by atoms with van der Waals surface area (Å²) < 4.78 is 13.4. The molecule has 0 saturated heterocycles. The molecule has 0 amide bonds. The molecular formula is C13H16FN3O2. The third-order valence-electron chi connectivity index (χ3n) is 3.14. The summed E-state index contributed by atoms with van der Waals surface area (Å²) in [5, 5.41) is 17.1. The maximum absolute atomic E-state index is 13.4. The first-order chi connectivity index (χ1) is 9.08. The lowest BCUT2D eigenvalue weighted by atomic mass is 10.1. The van der Waals surface area contributed by atoms with Gasteiger partial charge < -0.3 is 10.6 Å². The molecule has 19 heavy (non-hydrogen) atoms. The van der Waals surface area contributed by atoms with E-state index in [1.807, 2.05) is 0 Å². The van der Waals surface area contributed by atoms with Gasteiger partial charge in [0, 0.05) is 13.1 Å². The number of benzene rings is 1. The largest absolute Gasteiger partial charge is 0.376 e. The number of anilines is 1. The van der Waals surface area contributed by atoms with Crippen LogP contribution in [0, 0.1) is 22.9 Å². The standard InChI is InChI=1S/C13H16FN3O2/c1-9-6-12(13(17(18)19)7-11(9)14)16-8-10-2-4-15-5-3-10/h2,6-7,15-16H,3-5,8H2,1H3. The van der Waals surface area contributed by atoms with Gasteiger partial charge >= 0.3 is 0 Å². The maximum Gasteiger partial charge on any atom is 0.295 e. The molecule has 0 aliphatic carbocycles. The number of nitrogens with one attached hydrogen (secondary N) is 2. The lowest BCUT2D eigenvalue weighted by Crippen LogP contribution is -2.23. The van der Waals surface area contributed by atoms with E-state index in [9.17, 15) is 14.5 Å². The van der Waals surface area contributed by atoms with Crippen LogP contribution >= 0.6 is 0 Å². The summed E-state index contributed by atoms with van der Waals surface area (Å²) in [6.45, 7) is 3.88. The summed E-state index contributed by atoms with van der Waals surface area (Å²) in [6.07, 6.45) is 2.99. The molecule has 102 valence electrons. The van der Waals surface area contributed by atoms with Crippen molar-refractivity contribution in [2.24, 2.45) is 0 Å². The number of nitro groups is 1. The van der Waals surface area contributed by atoms with Crippen molar-refractivity contribution < 1.29 is 9.31 Å². The van der Waals surface area contributed by atoms with Crippen molar-refractivity contribution in [2.45, 2.75) is 13.3 Å². The Hall–Kier alpha value is -1.95. The lowest BCUT2D eigenvalue weighted by Gasteiger charge is -2.15. The highest BCUT2D eigenvalue weighted by Crippen LogP contribution is 2.27. The molecule has 0 spiro atoms. The minimum atomic E-state index is -0.568. The fourth-order valence-corrected chi connectivity index (χ4v) is 2.00. The Morgan fingerprint density at radius 3 is 2.95 bits per heavy atom. The fourth-order valence-electron chi connectivity index (χ4n) is 2.00. The van der Waals surface area contributed by atoms with Crippen molar-refractivity contribution in [1.82, 2.24) is 5.32 Å². The zero-order valence-electron chi connectivity index (χ0n) is 10.7. The van der Waals surface area contributed by atoms with Gasteiger partial charge in [-0.1, -0.05) is 11.6 Å². The molecule has 0 fully saturated rings. The van der Waals surface area contributed by atoms with Gasteiger partial charge in [0.15, 0.2) is 0 Å². The van der Waals surface area contributed by atoms with E-state index in [1.54, 1.807) is 6.92 Å². The van der Waals surface area contributed by atoms with Gasteiger partial charge in [-0.3, -0.25) is 10.1 Å². The summed E-state index contributed by atoms with van der Waals surface area (Å²) in [5.74, 6) is -0.557. The van der Waals surface area contributed by atoms with Crippen LogP contribution in [0.4, 0.5) is 15.8 Å². The van der Waals surface area contributed by atoms with Crippen LogP contribution in [-0.4, -0.2) is 24.6 Å². The van der Waals surface area contributed by atoms with E-state index in [4.69, 9.17) is 0 Å². The Balaban J connectivity index is 2.16. The summed E-state index contributed by atoms with van der Waals surface area (Å²) in [5.41, 5.74) is 1.74. The molecular weight excluding hydrogens is 249 g/mol. The van der Waals surface area contributed by atoms with Gasteiger partial charge in [-0.25, -0.2) is 4.39 Å². The van der Waals surface area contributed by atoms with Gasteiger partial charge in [-0.05, 0) is 31.5 Å². The van der Waals surface area contributed by atoms with E-state index < -0.39 is 10.7 Å². The van der Waals surface area contributed by atoms with Crippen molar-refractivity contribution in [2.75, 3.05) is 25.0 Å². The van der Waals surface area contributed by atoms with Gasteiger partial charge in [0.25, 0.3) is 5.69 Å². The van der Waals surface area contributed by atoms with Crippen LogP contribution in [0.2, 0.25) is 0 Å². The Labute approximate surface area is 110 Å². The molecule has 6 heteroatoms. The second-order valence-electron chi connectivity index (χ2n) is 4.55. The second-order valence-corrected chi connectivity index (χ2v) is 4.55. The Morgan fingerprint density at radius 1 is 1.53 bits per heavy atom. The van der Waals surface area contributed by atoms with Crippen LogP contribution < -0.4 is 10.6 Å². The first-order valence-corrected chi connectivity index (χ1v) is 6.15. The number of hydrogen-bond donors (Lipinski definition) is 2. The molecule has 1 aliphatic rings. The molecule has 5 nitrogen and oxygen atoms in total. The molecule has 2 N–H and O–H groups in total. The molecule has 0 saturated carbocycles. The van der Waals surface area contributed by atoms with Crippen molar-refractivity contribution >= 4 is 11.4 Å². The van der Waals surface area contributed by atoms with Crippen molar-refractivity contribution in [3.8, 4) is 0 Å². The van der Waals surface area contributed by atoms with E-state index in [0.29, 0.717) is 17.8 Å². The summed E-state index contributed by atoms with van der Waals surface area (Å²) >= 11 is 0. The molecule has 0 aromatic heterocycles. The third kappa shape index (κ3) is 3.29. The monoisotopic (exact) mass is 265 g/mol. The van der Waals surface area contributed by atoms with Crippen LogP contribution in [0.3, 0.4) is 0 Å². The number of aryl methyl sites for hydroxylation is 1. The molecule has 0 radical (unpaired) electrons. The van der Waals surface area contributed by atoms with Crippen molar-refractivity contribution in [1.29, 1.82) is 0 Å². The van der Waals surface area contributed by atoms with E-state index >= 15 is 0 Å². The Kier molecular flexibility index (Phi) is 4.11. The predicted octanol–water partition coefficient (Wildman–Crippen LogP) is 2.37. The predicted molar refractivity (Wildman–Crippen MR) is 71.9 cm³/mol. The Bertz CT molecular complexity index is 529. The molecule has 1 heterocycles. The number of nitro benzene ring substituents is 1. The van der Waals surface area contributed by atoms with Gasteiger partial charge in [0.2, 0.25) is 0 Å². The zero-order chi connectivity index (χ0) is 13.8. The van der Waals surface area contributed by atoms with Gasteiger partial charge in [-0.15, -0.1) is 0 Å². The quantitative estimate of drug-likeness (QED) is 0.498. The molecule has 1 aromatic carbocycles. The molecule has 0 unspecified atom stereocenters.